The summed E-state index contributed by atoms with van der Waals surface area (Å²) < 4.78 is 5.41. The molecule has 0 spiro atoms. The Morgan fingerprint density at radius 3 is 2.68 bits per heavy atom. The molecule has 0 atom stereocenters. The second-order valence-electron chi connectivity index (χ2n) is 3.89. The summed E-state index contributed by atoms with van der Waals surface area (Å²) in [4.78, 5) is 4.36. The highest BCUT2D eigenvalue weighted by molar-refractivity contribution is 5.82. The summed E-state index contributed by atoms with van der Waals surface area (Å²) in [6.45, 7) is 2.51. The zero-order valence-corrected chi connectivity index (χ0v) is 10.7. The smallest absolute Gasteiger partial charge is 0.121 e. The highest BCUT2D eigenvalue weighted by Crippen LogP contribution is 2.24. The molecular formula is C16H14N2O. The number of ether oxygens (including phenoxy) is 1. The van der Waals surface area contributed by atoms with E-state index in [-0.39, 0.29) is 0 Å². The van der Waals surface area contributed by atoms with Gasteiger partial charge in [0.1, 0.15) is 11.8 Å². The lowest BCUT2D eigenvalue weighted by Gasteiger charge is -2.04. The fraction of sp³-hybridized carbons (Fsp3) is 0.125. The van der Waals surface area contributed by atoms with E-state index in [0.29, 0.717) is 17.9 Å². The Bertz CT molecular complexity index is 612. The molecule has 3 nitrogen and oxygen atoms in total. The van der Waals surface area contributed by atoms with Crippen molar-refractivity contribution in [1.29, 1.82) is 5.26 Å². The van der Waals surface area contributed by atoms with Gasteiger partial charge in [-0.25, -0.2) is 0 Å². The molecule has 2 aromatic carbocycles. The fourth-order valence-electron chi connectivity index (χ4n) is 1.65. The van der Waals surface area contributed by atoms with Gasteiger partial charge in [-0.2, -0.15) is 5.26 Å². The van der Waals surface area contributed by atoms with Crippen molar-refractivity contribution in [3.8, 4) is 11.8 Å². The third kappa shape index (κ3) is 3.43. The van der Waals surface area contributed by atoms with Gasteiger partial charge in [-0.15, -0.1) is 0 Å². The summed E-state index contributed by atoms with van der Waals surface area (Å²) in [6.07, 6.45) is 1.74. The third-order valence-corrected chi connectivity index (χ3v) is 2.55. The minimum Gasteiger partial charge on any atom is -0.494 e. The zero-order chi connectivity index (χ0) is 13.5. The van der Waals surface area contributed by atoms with Crippen LogP contribution in [-0.4, -0.2) is 12.8 Å². The van der Waals surface area contributed by atoms with Gasteiger partial charge in [0.05, 0.1) is 17.9 Å². The van der Waals surface area contributed by atoms with Gasteiger partial charge in [0.15, 0.2) is 0 Å². The van der Waals surface area contributed by atoms with Crippen molar-refractivity contribution in [1.82, 2.24) is 0 Å². The van der Waals surface area contributed by atoms with E-state index in [1.165, 1.54) is 0 Å². The number of nitriles is 1. The minimum atomic E-state index is 0.538. The second-order valence-corrected chi connectivity index (χ2v) is 3.89. The Morgan fingerprint density at radius 2 is 2.00 bits per heavy atom. The van der Waals surface area contributed by atoms with Crippen LogP contribution < -0.4 is 4.74 Å². The van der Waals surface area contributed by atoms with Crippen LogP contribution in [0.5, 0.6) is 5.75 Å². The van der Waals surface area contributed by atoms with Crippen LogP contribution in [0.4, 0.5) is 5.69 Å². The summed E-state index contributed by atoms with van der Waals surface area (Å²) in [5, 5.41) is 9.07. The average molecular weight is 250 g/mol. The molecule has 94 valence electrons. The van der Waals surface area contributed by atoms with E-state index in [0.717, 1.165) is 11.3 Å². The number of benzene rings is 2. The van der Waals surface area contributed by atoms with Crippen LogP contribution in [0.1, 0.15) is 18.1 Å². The van der Waals surface area contributed by atoms with E-state index in [9.17, 15) is 0 Å². The zero-order valence-electron chi connectivity index (χ0n) is 10.7. The molecule has 2 rings (SSSR count). The standard InChI is InChI=1S/C16H14N2O/c1-2-19-15-9-8-14(11-17)16(10-15)18-12-13-6-4-3-5-7-13/h3-10,12H,2H2,1H3. The molecule has 0 aromatic heterocycles. The van der Waals surface area contributed by atoms with Gasteiger partial charge in [-0.3, -0.25) is 4.99 Å². The molecule has 0 fully saturated rings. The van der Waals surface area contributed by atoms with Crippen molar-refractivity contribution in [3.05, 3.63) is 59.7 Å². The Kier molecular flexibility index (Phi) is 4.30. The van der Waals surface area contributed by atoms with E-state index in [1.54, 1.807) is 24.4 Å². The first-order chi connectivity index (χ1) is 9.33. The number of rotatable bonds is 4. The lowest BCUT2D eigenvalue weighted by molar-refractivity contribution is 0.340. The molecule has 0 aliphatic rings. The maximum atomic E-state index is 9.07. The van der Waals surface area contributed by atoms with Crippen LogP contribution in [0.3, 0.4) is 0 Å². The Hall–Kier alpha value is -2.60. The highest BCUT2D eigenvalue weighted by atomic mass is 16.5. The SMILES string of the molecule is CCOc1ccc(C#N)c(N=Cc2ccccc2)c1. The van der Waals surface area contributed by atoms with Crippen molar-refractivity contribution < 1.29 is 4.74 Å². The van der Waals surface area contributed by atoms with Crippen LogP contribution in [0, 0.1) is 11.3 Å². The van der Waals surface area contributed by atoms with Gasteiger partial charge in [0.2, 0.25) is 0 Å². The molecule has 0 aliphatic heterocycles. The fourth-order valence-corrected chi connectivity index (χ4v) is 1.65. The molecule has 0 saturated carbocycles. The van der Waals surface area contributed by atoms with Crippen LogP contribution >= 0.6 is 0 Å². The summed E-state index contributed by atoms with van der Waals surface area (Å²) in [5.74, 6) is 0.724. The van der Waals surface area contributed by atoms with Crippen molar-refractivity contribution >= 4 is 11.9 Å². The molecule has 0 N–H and O–H groups in total. The Labute approximate surface area is 112 Å². The van der Waals surface area contributed by atoms with Crippen LogP contribution in [-0.2, 0) is 0 Å². The maximum absolute atomic E-state index is 9.07. The minimum absolute atomic E-state index is 0.538. The van der Waals surface area contributed by atoms with E-state index in [1.807, 2.05) is 37.3 Å². The van der Waals surface area contributed by atoms with E-state index < -0.39 is 0 Å². The molecule has 0 bridgehead atoms. The van der Waals surface area contributed by atoms with Crippen LogP contribution in [0.2, 0.25) is 0 Å². The number of nitrogens with zero attached hydrogens (tertiary/aromatic N) is 2. The monoisotopic (exact) mass is 250 g/mol. The van der Waals surface area contributed by atoms with Crippen molar-refractivity contribution in [2.24, 2.45) is 4.99 Å². The normalized spacial score (nSPS) is 10.3. The topological polar surface area (TPSA) is 45.4 Å². The average Bonchev–Trinajstić information content (AvgIpc) is 2.47. The van der Waals surface area contributed by atoms with Crippen molar-refractivity contribution in [2.75, 3.05) is 6.61 Å². The third-order valence-electron chi connectivity index (χ3n) is 2.55. The quantitative estimate of drug-likeness (QED) is 0.776. The van der Waals surface area contributed by atoms with Crippen molar-refractivity contribution in [3.63, 3.8) is 0 Å². The molecule has 2 aromatic rings. The van der Waals surface area contributed by atoms with Gasteiger partial charge in [0, 0.05) is 12.3 Å². The molecule has 3 heteroatoms. The molecule has 19 heavy (non-hydrogen) atoms. The predicted octanol–water partition coefficient (Wildman–Crippen LogP) is 3.71. The van der Waals surface area contributed by atoms with Crippen molar-refractivity contribution in [2.45, 2.75) is 6.92 Å². The first kappa shape index (κ1) is 12.8. The van der Waals surface area contributed by atoms with Gasteiger partial charge in [0.25, 0.3) is 0 Å². The van der Waals surface area contributed by atoms with Gasteiger partial charge < -0.3 is 4.74 Å². The molecule has 0 saturated heterocycles. The molecular weight excluding hydrogens is 236 g/mol. The molecule has 0 amide bonds. The Morgan fingerprint density at radius 1 is 1.21 bits per heavy atom. The largest absolute Gasteiger partial charge is 0.494 e. The lowest BCUT2D eigenvalue weighted by atomic mass is 10.2. The second kappa shape index (κ2) is 6.36. The summed E-state index contributed by atoms with van der Waals surface area (Å²) in [5.41, 5.74) is 2.15. The first-order valence-corrected chi connectivity index (χ1v) is 6.09. The lowest BCUT2D eigenvalue weighted by Crippen LogP contribution is -1.91. The molecule has 0 radical (unpaired) electrons. The first-order valence-electron chi connectivity index (χ1n) is 6.09. The van der Waals surface area contributed by atoms with Gasteiger partial charge in [-0.1, -0.05) is 30.3 Å². The van der Waals surface area contributed by atoms with E-state index in [4.69, 9.17) is 10.00 Å². The Balaban J connectivity index is 2.30. The maximum Gasteiger partial charge on any atom is 0.121 e. The van der Waals surface area contributed by atoms with E-state index >= 15 is 0 Å². The summed E-state index contributed by atoms with van der Waals surface area (Å²) >= 11 is 0. The van der Waals surface area contributed by atoms with E-state index in [2.05, 4.69) is 11.1 Å². The molecule has 0 heterocycles. The number of hydrogen-bond donors (Lipinski definition) is 0. The predicted molar refractivity (Wildman–Crippen MR) is 76.0 cm³/mol. The van der Waals surface area contributed by atoms with Crippen LogP contribution in [0.25, 0.3) is 0 Å². The highest BCUT2D eigenvalue weighted by Gasteiger charge is 2.02. The van der Waals surface area contributed by atoms with Gasteiger partial charge in [-0.05, 0) is 24.6 Å². The summed E-state index contributed by atoms with van der Waals surface area (Å²) in [6, 6.07) is 17.2. The number of aliphatic imine (C=N–C) groups is 1. The van der Waals surface area contributed by atoms with Crippen LogP contribution in [0.15, 0.2) is 53.5 Å². The van der Waals surface area contributed by atoms with Gasteiger partial charge >= 0.3 is 0 Å². The molecule has 0 aliphatic carbocycles. The number of hydrogen-bond acceptors (Lipinski definition) is 3. The molecule has 0 unspecified atom stereocenters. The summed E-state index contributed by atoms with van der Waals surface area (Å²) in [7, 11) is 0.